The number of ether oxygens (including phenoxy) is 1. The number of rotatable bonds is 4. The Morgan fingerprint density at radius 2 is 1.83 bits per heavy atom. The number of nitrogens with one attached hydrogen (secondary N) is 2. The second kappa shape index (κ2) is 6.78. The van der Waals surface area contributed by atoms with E-state index in [1.165, 1.54) is 24.3 Å². The molecule has 0 radical (unpaired) electrons. The number of phenols is 1. The lowest BCUT2D eigenvalue weighted by molar-refractivity contribution is -0.274. The molecule has 0 unspecified atom stereocenters. The number of aromatic hydroxyl groups is 1. The SMILES string of the molecule is N=C(NCc1cc(O)cc(Cl)c1)c1ccc(OC(F)(F)F)cc1. The van der Waals surface area contributed by atoms with Crippen LogP contribution in [0.15, 0.2) is 42.5 Å². The van der Waals surface area contributed by atoms with Crippen LogP contribution in [0.25, 0.3) is 0 Å². The number of benzene rings is 2. The van der Waals surface area contributed by atoms with Gasteiger partial charge in [0.2, 0.25) is 0 Å². The molecule has 23 heavy (non-hydrogen) atoms. The first-order chi connectivity index (χ1) is 10.7. The molecule has 0 atom stereocenters. The van der Waals surface area contributed by atoms with Crippen LogP contribution in [0.3, 0.4) is 0 Å². The second-order valence-corrected chi connectivity index (χ2v) is 5.05. The standard InChI is InChI=1S/C15H12ClF3N2O2/c16-11-5-9(6-12(22)7-11)8-21-14(20)10-1-3-13(4-2-10)23-15(17,18)19/h1-7,22H,8H2,(H2,20,21). The molecule has 8 heteroatoms. The molecule has 122 valence electrons. The minimum absolute atomic E-state index is 0.00878. The van der Waals surface area contributed by atoms with Crippen LogP contribution in [-0.2, 0) is 6.54 Å². The van der Waals surface area contributed by atoms with E-state index in [1.54, 1.807) is 6.07 Å². The lowest BCUT2D eigenvalue weighted by atomic mass is 10.1. The lowest BCUT2D eigenvalue weighted by Crippen LogP contribution is -2.23. The Labute approximate surface area is 135 Å². The largest absolute Gasteiger partial charge is 0.573 e. The smallest absolute Gasteiger partial charge is 0.508 e. The van der Waals surface area contributed by atoms with E-state index in [0.29, 0.717) is 16.1 Å². The van der Waals surface area contributed by atoms with Crippen LogP contribution >= 0.6 is 11.6 Å². The van der Waals surface area contributed by atoms with Gasteiger partial charge >= 0.3 is 6.36 Å². The van der Waals surface area contributed by atoms with Gasteiger partial charge in [0, 0.05) is 17.1 Å². The molecule has 0 aromatic heterocycles. The summed E-state index contributed by atoms with van der Waals surface area (Å²) in [6.07, 6.45) is -4.75. The van der Waals surface area contributed by atoms with Gasteiger partial charge in [-0.25, -0.2) is 0 Å². The summed E-state index contributed by atoms with van der Waals surface area (Å²) in [5, 5.41) is 20.4. The van der Waals surface area contributed by atoms with Crippen molar-refractivity contribution in [2.24, 2.45) is 0 Å². The summed E-state index contributed by atoms with van der Waals surface area (Å²) >= 11 is 5.81. The molecule has 2 aromatic carbocycles. The highest BCUT2D eigenvalue weighted by Gasteiger charge is 2.30. The Hall–Kier alpha value is -2.41. The molecule has 0 heterocycles. The maximum Gasteiger partial charge on any atom is 0.573 e. The number of amidine groups is 1. The normalized spacial score (nSPS) is 11.1. The van der Waals surface area contributed by atoms with Gasteiger partial charge in [-0.2, -0.15) is 0 Å². The van der Waals surface area contributed by atoms with Gasteiger partial charge in [-0.3, -0.25) is 5.41 Å². The molecular formula is C15H12ClF3N2O2. The van der Waals surface area contributed by atoms with Crippen molar-refractivity contribution < 1.29 is 23.0 Å². The van der Waals surface area contributed by atoms with Crippen LogP contribution in [0, 0.1) is 5.41 Å². The topological polar surface area (TPSA) is 65.3 Å². The van der Waals surface area contributed by atoms with Crippen molar-refractivity contribution in [3.8, 4) is 11.5 Å². The molecule has 0 saturated heterocycles. The first-order valence-electron chi connectivity index (χ1n) is 6.40. The summed E-state index contributed by atoms with van der Waals surface area (Å²) in [5.74, 6) is -0.327. The molecule has 0 aliphatic heterocycles. The van der Waals surface area contributed by atoms with Crippen LogP contribution in [0.1, 0.15) is 11.1 Å². The molecule has 4 nitrogen and oxygen atoms in total. The van der Waals surface area contributed by atoms with Gasteiger partial charge in [-0.05, 0) is 48.0 Å². The summed E-state index contributed by atoms with van der Waals surface area (Å²) in [7, 11) is 0. The zero-order valence-electron chi connectivity index (χ0n) is 11.6. The van der Waals surface area contributed by atoms with E-state index in [9.17, 15) is 18.3 Å². The van der Waals surface area contributed by atoms with Crippen molar-refractivity contribution in [1.29, 1.82) is 5.41 Å². The Morgan fingerprint density at radius 3 is 2.39 bits per heavy atom. The monoisotopic (exact) mass is 344 g/mol. The van der Waals surface area contributed by atoms with Gasteiger partial charge < -0.3 is 15.2 Å². The van der Waals surface area contributed by atoms with Crippen molar-refractivity contribution in [3.63, 3.8) is 0 Å². The zero-order chi connectivity index (χ0) is 17.0. The molecule has 0 fully saturated rings. The highest BCUT2D eigenvalue weighted by molar-refractivity contribution is 6.30. The fraction of sp³-hybridized carbons (Fsp3) is 0.133. The first-order valence-corrected chi connectivity index (χ1v) is 6.78. The summed E-state index contributed by atoms with van der Waals surface area (Å²) in [4.78, 5) is 0. The number of halogens is 4. The maximum atomic E-state index is 12.1. The predicted molar refractivity (Wildman–Crippen MR) is 79.9 cm³/mol. The van der Waals surface area contributed by atoms with Gasteiger partial charge in [0.25, 0.3) is 0 Å². The van der Waals surface area contributed by atoms with Crippen molar-refractivity contribution in [1.82, 2.24) is 5.32 Å². The Kier molecular flexibility index (Phi) is 5.00. The molecule has 0 amide bonds. The van der Waals surface area contributed by atoms with Crippen LogP contribution in [0.5, 0.6) is 11.5 Å². The molecule has 0 aliphatic rings. The van der Waals surface area contributed by atoms with E-state index in [0.717, 1.165) is 12.1 Å². The third-order valence-corrected chi connectivity index (χ3v) is 3.01. The Bertz CT molecular complexity index is 683. The quantitative estimate of drug-likeness (QED) is 0.579. The van der Waals surface area contributed by atoms with Crippen LogP contribution < -0.4 is 10.1 Å². The van der Waals surface area contributed by atoms with Crippen molar-refractivity contribution in [2.45, 2.75) is 12.9 Å². The van der Waals surface area contributed by atoms with Gasteiger partial charge in [0.05, 0.1) is 0 Å². The molecule has 3 N–H and O–H groups in total. The van der Waals surface area contributed by atoms with E-state index in [4.69, 9.17) is 17.0 Å². The highest BCUT2D eigenvalue weighted by atomic mass is 35.5. The predicted octanol–water partition coefficient (Wildman–Crippen LogP) is 4.06. The zero-order valence-corrected chi connectivity index (χ0v) is 12.4. The summed E-state index contributed by atoms with van der Waals surface area (Å²) < 4.78 is 40.0. The third-order valence-electron chi connectivity index (χ3n) is 2.79. The van der Waals surface area contributed by atoms with Gasteiger partial charge in [0.15, 0.2) is 0 Å². The lowest BCUT2D eigenvalue weighted by Gasteiger charge is -2.11. The van der Waals surface area contributed by atoms with E-state index in [-0.39, 0.29) is 23.9 Å². The fourth-order valence-electron chi connectivity index (χ4n) is 1.85. The average Bonchev–Trinajstić information content (AvgIpc) is 2.43. The molecular weight excluding hydrogens is 333 g/mol. The number of phenolic OH excluding ortho intramolecular Hbond substituents is 1. The molecule has 0 bridgehead atoms. The number of alkyl halides is 3. The number of hydrogen-bond donors (Lipinski definition) is 3. The van der Waals surface area contributed by atoms with E-state index in [2.05, 4.69) is 10.1 Å². The minimum Gasteiger partial charge on any atom is -0.508 e. The molecule has 2 rings (SSSR count). The minimum atomic E-state index is -4.75. The van der Waals surface area contributed by atoms with Crippen LogP contribution in [0.4, 0.5) is 13.2 Å². The molecule has 0 spiro atoms. The van der Waals surface area contributed by atoms with Crippen molar-refractivity contribution in [3.05, 3.63) is 58.6 Å². The summed E-state index contributed by atoms with van der Waals surface area (Å²) in [6.45, 7) is 0.230. The Balaban J connectivity index is 1.98. The fourth-order valence-corrected chi connectivity index (χ4v) is 2.10. The highest BCUT2D eigenvalue weighted by Crippen LogP contribution is 2.23. The van der Waals surface area contributed by atoms with Gasteiger partial charge in [-0.15, -0.1) is 13.2 Å². The summed E-state index contributed by atoms with van der Waals surface area (Å²) in [6, 6.07) is 9.44. The van der Waals surface area contributed by atoms with Gasteiger partial charge in [-0.1, -0.05) is 11.6 Å². The van der Waals surface area contributed by atoms with Crippen molar-refractivity contribution >= 4 is 17.4 Å². The van der Waals surface area contributed by atoms with E-state index < -0.39 is 6.36 Å². The molecule has 0 aliphatic carbocycles. The average molecular weight is 345 g/mol. The molecule has 2 aromatic rings. The molecule has 0 saturated carbocycles. The third kappa shape index (κ3) is 5.37. The van der Waals surface area contributed by atoms with Gasteiger partial charge in [0.1, 0.15) is 17.3 Å². The number of hydrogen-bond acceptors (Lipinski definition) is 3. The summed E-state index contributed by atoms with van der Waals surface area (Å²) in [5.41, 5.74) is 1.06. The maximum absolute atomic E-state index is 12.1. The first kappa shape index (κ1) is 17.0. The van der Waals surface area contributed by atoms with E-state index >= 15 is 0 Å². The van der Waals surface area contributed by atoms with Crippen LogP contribution in [-0.4, -0.2) is 17.3 Å². The van der Waals surface area contributed by atoms with Crippen molar-refractivity contribution in [2.75, 3.05) is 0 Å². The van der Waals surface area contributed by atoms with E-state index in [1.807, 2.05) is 0 Å². The Morgan fingerprint density at radius 1 is 1.17 bits per heavy atom. The second-order valence-electron chi connectivity index (χ2n) is 4.62. The van der Waals surface area contributed by atoms with Crippen LogP contribution in [0.2, 0.25) is 5.02 Å².